The number of carbonyl (C=O) groups excluding carboxylic acids is 2. The number of ether oxygens (including phenoxy) is 1. The molecule has 5 nitrogen and oxygen atoms in total. The van der Waals surface area contributed by atoms with Crippen molar-refractivity contribution < 1.29 is 18.8 Å². The summed E-state index contributed by atoms with van der Waals surface area (Å²) in [7, 11) is 0. The molecule has 1 saturated heterocycles. The molecule has 0 radical (unpaired) electrons. The first-order chi connectivity index (χ1) is 12.9. The molecule has 1 unspecified atom stereocenters. The van der Waals surface area contributed by atoms with Crippen molar-refractivity contribution in [3.8, 4) is 0 Å². The Bertz CT molecular complexity index is 635. The van der Waals surface area contributed by atoms with Crippen LogP contribution in [0.15, 0.2) is 18.2 Å². The number of para-hydroxylation sites is 1. The fourth-order valence-corrected chi connectivity index (χ4v) is 4.20. The van der Waals surface area contributed by atoms with Gasteiger partial charge in [-0.1, -0.05) is 32.0 Å². The van der Waals surface area contributed by atoms with Gasteiger partial charge in [0.1, 0.15) is 0 Å². The molecule has 5 heteroatoms. The van der Waals surface area contributed by atoms with Gasteiger partial charge in [-0.05, 0) is 50.7 Å². The quantitative estimate of drug-likeness (QED) is 0.544. The smallest absolute Gasteiger partial charge is 0.310 e. The molecule has 0 saturated carbocycles. The first kappa shape index (κ1) is 21.4. The fourth-order valence-electron chi connectivity index (χ4n) is 4.20. The molecule has 1 aromatic carbocycles. The van der Waals surface area contributed by atoms with Crippen molar-refractivity contribution in [2.24, 2.45) is 0 Å². The Kier molecular flexibility index (Phi) is 7.84. The average Bonchev–Trinajstić information content (AvgIpc) is 2.64. The van der Waals surface area contributed by atoms with Gasteiger partial charge in [-0.2, -0.15) is 0 Å². The summed E-state index contributed by atoms with van der Waals surface area (Å²) in [4.78, 5) is 25.2. The minimum atomic E-state index is -0.174. The van der Waals surface area contributed by atoms with Crippen molar-refractivity contribution in [2.75, 3.05) is 25.1 Å². The Morgan fingerprint density at radius 3 is 2.48 bits per heavy atom. The molecule has 1 N–H and O–H groups in total. The second-order valence-corrected chi connectivity index (χ2v) is 7.83. The summed E-state index contributed by atoms with van der Waals surface area (Å²) in [5.74, 6) is -0.113. The Morgan fingerprint density at radius 1 is 1.15 bits per heavy atom. The van der Waals surface area contributed by atoms with Gasteiger partial charge in [0, 0.05) is 18.5 Å². The van der Waals surface area contributed by atoms with Gasteiger partial charge in [-0.25, -0.2) is 0 Å². The van der Waals surface area contributed by atoms with Crippen LogP contribution in [-0.4, -0.2) is 42.2 Å². The molecule has 2 rings (SSSR count). The number of likely N-dealkylation sites (tertiary alicyclic amines) is 1. The van der Waals surface area contributed by atoms with Crippen LogP contribution in [-0.2, 0) is 14.3 Å². The summed E-state index contributed by atoms with van der Waals surface area (Å²) < 4.78 is 6.17. The van der Waals surface area contributed by atoms with E-state index < -0.39 is 0 Å². The van der Waals surface area contributed by atoms with Gasteiger partial charge >= 0.3 is 5.97 Å². The lowest BCUT2D eigenvalue weighted by molar-refractivity contribution is -0.961. The number of nitrogens with one attached hydrogen (secondary N) is 1. The predicted octanol–water partition coefficient (Wildman–Crippen LogP) is 4.32. The maximum absolute atomic E-state index is 13.3. The number of rotatable bonds is 8. The van der Waals surface area contributed by atoms with Gasteiger partial charge in [-0.3, -0.25) is 14.1 Å². The van der Waals surface area contributed by atoms with Gasteiger partial charge in [0.25, 0.3) is 5.91 Å². The molecule has 27 heavy (non-hydrogen) atoms. The minimum absolute atomic E-state index is 0.0482. The van der Waals surface area contributed by atoms with Crippen molar-refractivity contribution in [2.45, 2.75) is 72.3 Å². The van der Waals surface area contributed by atoms with Crippen molar-refractivity contribution in [1.29, 1.82) is 0 Å². The number of hydrogen-bond donors (Lipinski definition) is 1. The third kappa shape index (κ3) is 5.32. The van der Waals surface area contributed by atoms with Crippen molar-refractivity contribution in [3.05, 3.63) is 29.3 Å². The van der Waals surface area contributed by atoms with Crippen molar-refractivity contribution >= 4 is 17.6 Å². The van der Waals surface area contributed by atoms with E-state index in [0.29, 0.717) is 17.6 Å². The predicted molar refractivity (Wildman–Crippen MR) is 108 cm³/mol. The first-order valence-electron chi connectivity index (χ1n) is 10.3. The van der Waals surface area contributed by atoms with Gasteiger partial charge in [-0.15, -0.1) is 0 Å². The average molecular weight is 376 g/mol. The molecule has 1 aromatic rings. The molecule has 0 spiro atoms. The molecular formula is C22H35N2O3+. The van der Waals surface area contributed by atoms with E-state index >= 15 is 0 Å². The Morgan fingerprint density at radius 2 is 1.85 bits per heavy atom. The zero-order valence-corrected chi connectivity index (χ0v) is 17.3. The Balaban J connectivity index is 2.21. The second kappa shape index (κ2) is 9.88. The van der Waals surface area contributed by atoms with E-state index in [0.717, 1.165) is 62.0 Å². The lowest BCUT2D eigenvalue weighted by Gasteiger charge is -2.45. The van der Waals surface area contributed by atoms with Crippen molar-refractivity contribution in [1.82, 2.24) is 0 Å². The number of benzene rings is 1. The SMILES string of the molecule is CCCC(=O)OC[N+]1(CCC)CCCC[C@H]1C(=O)Nc1c(C)cccc1C. The highest BCUT2D eigenvalue weighted by molar-refractivity contribution is 5.95. The molecule has 0 aliphatic carbocycles. The summed E-state index contributed by atoms with van der Waals surface area (Å²) in [6.07, 6.45) is 5.12. The monoisotopic (exact) mass is 375 g/mol. The lowest BCUT2D eigenvalue weighted by Crippen LogP contribution is -2.63. The summed E-state index contributed by atoms with van der Waals surface area (Å²) >= 11 is 0. The topological polar surface area (TPSA) is 55.4 Å². The number of piperidine rings is 1. The van der Waals surface area contributed by atoms with E-state index in [2.05, 4.69) is 12.2 Å². The molecule has 0 aromatic heterocycles. The van der Waals surface area contributed by atoms with E-state index in [1.54, 1.807) is 0 Å². The third-order valence-corrected chi connectivity index (χ3v) is 5.63. The van der Waals surface area contributed by atoms with E-state index in [4.69, 9.17) is 4.74 Å². The van der Waals surface area contributed by atoms with Crippen LogP contribution in [0.5, 0.6) is 0 Å². The zero-order valence-electron chi connectivity index (χ0n) is 17.3. The normalized spacial score (nSPS) is 22.3. The second-order valence-electron chi connectivity index (χ2n) is 7.83. The van der Waals surface area contributed by atoms with E-state index in [9.17, 15) is 9.59 Å². The lowest BCUT2D eigenvalue weighted by atomic mass is 9.97. The van der Waals surface area contributed by atoms with Gasteiger partial charge in [0.15, 0.2) is 6.04 Å². The highest BCUT2D eigenvalue weighted by Gasteiger charge is 2.44. The van der Waals surface area contributed by atoms with Gasteiger partial charge < -0.3 is 10.1 Å². The summed E-state index contributed by atoms with van der Waals surface area (Å²) in [6, 6.07) is 5.87. The van der Waals surface area contributed by atoms with Crippen LogP contribution < -0.4 is 5.32 Å². The molecular weight excluding hydrogens is 340 g/mol. The number of amides is 1. The van der Waals surface area contributed by atoms with Gasteiger partial charge in [0.05, 0.1) is 13.1 Å². The molecule has 150 valence electrons. The maximum Gasteiger partial charge on any atom is 0.310 e. The molecule has 1 aliphatic rings. The fraction of sp³-hybridized carbons (Fsp3) is 0.636. The number of hydrogen-bond acceptors (Lipinski definition) is 3. The van der Waals surface area contributed by atoms with Crippen LogP contribution in [0, 0.1) is 13.8 Å². The van der Waals surface area contributed by atoms with Crippen LogP contribution in [0.25, 0.3) is 0 Å². The number of esters is 1. The Labute approximate surface area is 163 Å². The minimum Gasteiger partial charge on any atom is -0.415 e. The van der Waals surface area contributed by atoms with Gasteiger partial charge in [0.2, 0.25) is 6.73 Å². The summed E-state index contributed by atoms with van der Waals surface area (Å²) in [5.41, 5.74) is 3.05. The standard InChI is InChI=1S/C22H34N2O3/c1-5-10-20(25)27-16-24(14-6-2)15-8-7-13-19(24)22(26)23-21-17(3)11-9-12-18(21)4/h9,11-12,19H,5-8,10,13-16H2,1-4H3/p+1/t19-,24?/m0/s1. The van der Waals surface area contributed by atoms with Crippen LogP contribution in [0.3, 0.4) is 0 Å². The van der Waals surface area contributed by atoms with Crippen LogP contribution in [0.1, 0.15) is 63.5 Å². The molecule has 1 amide bonds. The first-order valence-corrected chi connectivity index (χ1v) is 10.3. The van der Waals surface area contributed by atoms with Crippen molar-refractivity contribution in [3.63, 3.8) is 0 Å². The number of quaternary nitrogens is 1. The van der Waals surface area contributed by atoms with E-state index in [1.165, 1.54) is 0 Å². The van der Waals surface area contributed by atoms with E-state index in [1.807, 2.05) is 39.0 Å². The largest absolute Gasteiger partial charge is 0.415 e. The highest BCUT2D eigenvalue weighted by Crippen LogP contribution is 2.29. The molecule has 1 heterocycles. The van der Waals surface area contributed by atoms with E-state index in [-0.39, 0.29) is 17.9 Å². The third-order valence-electron chi connectivity index (χ3n) is 5.63. The highest BCUT2D eigenvalue weighted by atomic mass is 16.5. The number of carbonyl (C=O) groups is 2. The zero-order chi connectivity index (χ0) is 19.9. The maximum atomic E-state index is 13.3. The Hall–Kier alpha value is -1.88. The number of aryl methyl sites for hydroxylation is 2. The summed E-state index contributed by atoms with van der Waals surface area (Å²) in [6.45, 7) is 10.2. The molecule has 2 atom stereocenters. The van der Waals surface area contributed by atoms with Crippen LogP contribution in [0.2, 0.25) is 0 Å². The number of nitrogens with zero attached hydrogens (tertiary/aromatic N) is 1. The molecule has 1 fully saturated rings. The molecule has 1 aliphatic heterocycles. The molecule has 0 bridgehead atoms. The number of anilines is 1. The van der Waals surface area contributed by atoms with Crippen LogP contribution >= 0.6 is 0 Å². The van der Waals surface area contributed by atoms with Crippen LogP contribution in [0.4, 0.5) is 5.69 Å². The summed E-state index contributed by atoms with van der Waals surface area (Å²) in [5, 5.41) is 3.18.